The van der Waals surface area contributed by atoms with Crippen LogP contribution in [0.5, 0.6) is 5.75 Å². The van der Waals surface area contributed by atoms with Gasteiger partial charge in [0, 0.05) is 24.5 Å². The molecule has 2 N–H and O–H groups in total. The van der Waals surface area contributed by atoms with Gasteiger partial charge in [-0.3, -0.25) is 14.6 Å². The van der Waals surface area contributed by atoms with Crippen molar-refractivity contribution in [2.45, 2.75) is 18.9 Å². The number of aromatic nitrogens is 3. The zero-order chi connectivity index (χ0) is 20.4. The number of benzene rings is 1. The number of hydrogen-bond acceptors (Lipinski definition) is 6. The molecule has 0 spiro atoms. The maximum atomic E-state index is 13.2. The number of ether oxygens (including phenoxy) is 1. The van der Waals surface area contributed by atoms with Gasteiger partial charge in [0.1, 0.15) is 11.6 Å². The number of ketones is 1. The minimum Gasteiger partial charge on any atom is -0.497 e. The molecule has 1 atom stereocenters. The highest BCUT2D eigenvalue weighted by atomic mass is 16.5. The van der Waals surface area contributed by atoms with Crippen molar-refractivity contribution in [3.8, 4) is 11.4 Å². The Morgan fingerprint density at radius 3 is 2.55 bits per heavy atom. The van der Waals surface area contributed by atoms with Gasteiger partial charge in [0.25, 0.3) is 5.91 Å². The van der Waals surface area contributed by atoms with Gasteiger partial charge in [0.2, 0.25) is 0 Å². The SMILES string of the molecule is COc1ccc(-n2ncc(C(=O)[C@@H]3CCCN3C(=O)c3ccncc3)c2N)cc1. The molecule has 1 saturated heterocycles. The zero-order valence-electron chi connectivity index (χ0n) is 16.0. The number of carbonyl (C=O) groups excluding carboxylic acids is 2. The molecule has 3 heterocycles. The number of anilines is 1. The molecule has 0 bridgehead atoms. The van der Waals surface area contributed by atoms with Crippen molar-refractivity contribution in [1.29, 1.82) is 0 Å². The van der Waals surface area contributed by atoms with Crippen LogP contribution in [0.3, 0.4) is 0 Å². The molecule has 1 fully saturated rings. The van der Waals surface area contributed by atoms with Gasteiger partial charge in [-0.1, -0.05) is 0 Å². The number of nitrogen functional groups attached to an aromatic ring is 1. The Morgan fingerprint density at radius 1 is 1.14 bits per heavy atom. The summed E-state index contributed by atoms with van der Waals surface area (Å²) in [5.41, 5.74) is 7.80. The summed E-state index contributed by atoms with van der Waals surface area (Å²) in [5, 5.41) is 4.28. The Labute approximate surface area is 167 Å². The van der Waals surface area contributed by atoms with Crippen LogP contribution in [-0.4, -0.2) is 51.1 Å². The number of carbonyl (C=O) groups is 2. The van der Waals surface area contributed by atoms with Gasteiger partial charge >= 0.3 is 0 Å². The van der Waals surface area contributed by atoms with Crippen LogP contribution in [0, 0.1) is 0 Å². The van der Waals surface area contributed by atoms with Gasteiger partial charge in [-0.05, 0) is 49.2 Å². The molecular weight excluding hydrogens is 370 g/mol. The zero-order valence-corrected chi connectivity index (χ0v) is 16.0. The number of nitrogens with zero attached hydrogens (tertiary/aromatic N) is 4. The quantitative estimate of drug-likeness (QED) is 0.670. The Bertz CT molecular complexity index is 1030. The van der Waals surface area contributed by atoms with Crippen molar-refractivity contribution in [1.82, 2.24) is 19.7 Å². The number of nitrogens with two attached hydrogens (primary N) is 1. The molecule has 1 aromatic carbocycles. The highest BCUT2D eigenvalue weighted by molar-refractivity contribution is 6.07. The van der Waals surface area contributed by atoms with E-state index in [2.05, 4.69) is 10.1 Å². The topological polar surface area (TPSA) is 103 Å². The summed E-state index contributed by atoms with van der Waals surface area (Å²) in [5.74, 6) is 0.599. The van der Waals surface area contributed by atoms with Gasteiger partial charge in [0.05, 0.1) is 30.6 Å². The van der Waals surface area contributed by atoms with E-state index in [1.807, 2.05) is 12.1 Å². The number of methoxy groups -OCH3 is 1. The maximum Gasteiger partial charge on any atom is 0.254 e. The first-order valence-electron chi connectivity index (χ1n) is 9.33. The molecule has 4 rings (SSSR count). The Kier molecular flexibility index (Phi) is 4.99. The first-order valence-corrected chi connectivity index (χ1v) is 9.33. The Morgan fingerprint density at radius 2 is 1.86 bits per heavy atom. The lowest BCUT2D eigenvalue weighted by molar-refractivity contribution is 0.0671. The summed E-state index contributed by atoms with van der Waals surface area (Å²) in [6, 6.07) is 9.97. The summed E-state index contributed by atoms with van der Waals surface area (Å²) in [6.07, 6.45) is 5.96. The number of rotatable bonds is 5. The molecule has 8 nitrogen and oxygen atoms in total. The summed E-state index contributed by atoms with van der Waals surface area (Å²) in [7, 11) is 1.59. The molecule has 0 saturated carbocycles. The third-order valence-corrected chi connectivity index (χ3v) is 5.13. The van der Waals surface area contributed by atoms with E-state index in [-0.39, 0.29) is 17.5 Å². The van der Waals surface area contributed by atoms with Crippen LogP contribution in [0.4, 0.5) is 5.82 Å². The molecule has 1 aliphatic rings. The van der Waals surface area contributed by atoms with Crippen LogP contribution in [0.2, 0.25) is 0 Å². The van der Waals surface area contributed by atoms with Gasteiger partial charge < -0.3 is 15.4 Å². The van der Waals surface area contributed by atoms with E-state index < -0.39 is 6.04 Å². The highest BCUT2D eigenvalue weighted by Gasteiger charge is 2.36. The van der Waals surface area contributed by atoms with Crippen molar-refractivity contribution < 1.29 is 14.3 Å². The second-order valence-electron chi connectivity index (χ2n) is 6.81. The average Bonchev–Trinajstić information content (AvgIpc) is 3.40. The lowest BCUT2D eigenvalue weighted by Crippen LogP contribution is -2.40. The predicted molar refractivity (Wildman–Crippen MR) is 107 cm³/mol. The fraction of sp³-hybridized carbons (Fsp3) is 0.238. The first-order chi connectivity index (χ1) is 14.1. The summed E-state index contributed by atoms with van der Waals surface area (Å²) < 4.78 is 6.67. The van der Waals surface area contributed by atoms with E-state index in [0.717, 1.165) is 12.1 Å². The third-order valence-electron chi connectivity index (χ3n) is 5.13. The second kappa shape index (κ2) is 7.75. The summed E-state index contributed by atoms with van der Waals surface area (Å²) in [4.78, 5) is 31.6. The first kappa shape index (κ1) is 18.7. The van der Waals surface area contributed by atoms with Crippen molar-refractivity contribution in [3.05, 3.63) is 66.1 Å². The predicted octanol–water partition coefficient (Wildman–Crippen LogP) is 2.35. The summed E-state index contributed by atoms with van der Waals surface area (Å²) >= 11 is 0. The van der Waals surface area contributed by atoms with Crippen LogP contribution < -0.4 is 10.5 Å². The average molecular weight is 391 g/mol. The van der Waals surface area contributed by atoms with Crippen LogP contribution >= 0.6 is 0 Å². The molecule has 29 heavy (non-hydrogen) atoms. The smallest absolute Gasteiger partial charge is 0.254 e. The molecule has 0 unspecified atom stereocenters. The van der Waals surface area contributed by atoms with Gasteiger partial charge in [0.15, 0.2) is 5.78 Å². The van der Waals surface area contributed by atoms with E-state index in [4.69, 9.17) is 10.5 Å². The minimum atomic E-state index is -0.550. The van der Waals surface area contributed by atoms with Crippen molar-refractivity contribution in [3.63, 3.8) is 0 Å². The fourth-order valence-electron chi connectivity index (χ4n) is 3.60. The second-order valence-corrected chi connectivity index (χ2v) is 6.81. The largest absolute Gasteiger partial charge is 0.497 e. The molecule has 1 aliphatic heterocycles. The molecule has 0 aliphatic carbocycles. The number of amides is 1. The van der Waals surface area contributed by atoms with Gasteiger partial charge in [-0.25, -0.2) is 4.68 Å². The molecule has 3 aromatic rings. The monoisotopic (exact) mass is 391 g/mol. The number of hydrogen-bond donors (Lipinski definition) is 1. The molecule has 0 radical (unpaired) electrons. The van der Waals surface area contributed by atoms with E-state index in [1.54, 1.807) is 48.7 Å². The van der Waals surface area contributed by atoms with E-state index in [9.17, 15) is 9.59 Å². The third kappa shape index (κ3) is 3.44. The van der Waals surface area contributed by atoms with Crippen LogP contribution in [0.15, 0.2) is 55.0 Å². The van der Waals surface area contributed by atoms with Gasteiger partial charge in [-0.2, -0.15) is 5.10 Å². The van der Waals surface area contributed by atoms with E-state index in [0.29, 0.717) is 29.8 Å². The van der Waals surface area contributed by atoms with Crippen LogP contribution in [0.25, 0.3) is 5.69 Å². The van der Waals surface area contributed by atoms with Crippen LogP contribution in [0.1, 0.15) is 33.6 Å². The molecule has 2 aromatic heterocycles. The van der Waals surface area contributed by atoms with Crippen molar-refractivity contribution >= 4 is 17.5 Å². The Hall–Kier alpha value is -3.68. The number of pyridine rings is 1. The summed E-state index contributed by atoms with van der Waals surface area (Å²) in [6.45, 7) is 0.532. The molecule has 8 heteroatoms. The number of likely N-dealkylation sites (tertiary alicyclic amines) is 1. The van der Waals surface area contributed by atoms with Crippen molar-refractivity contribution in [2.75, 3.05) is 19.4 Å². The maximum absolute atomic E-state index is 13.2. The molecule has 1 amide bonds. The van der Waals surface area contributed by atoms with E-state index >= 15 is 0 Å². The normalized spacial score (nSPS) is 16.0. The standard InChI is InChI=1S/C21H21N5O3/c1-29-16-6-4-15(5-7-16)26-20(22)17(13-24-26)19(27)18-3-2-12-25(18)21(28)14-8-10-23-11-9-14/h4-11,13,18H,2-3,12,22H2,1H3/t18-/m0/s1. The highest BCUT2D eigenvalue weighted by Crippen LogP contribution is 2.27. The fourth-order valence-corrected chi connectivity index (χ4v) is 3.60. The van der Waals surface area contributed by atoms with Crippen molar-refractivity contribution in [2.24, 2.45) is 0 Å². The van der Waals surface area contributed by atoms with Gasteiger partial charge in [-0.15, -0.1) is 0 Å². The van der Waals surface area contributed by atoms with Crippen LogP contribution in [-0.2, 0) is 0 Å². The minimum absolute atomic E-state index is 0.177. The molecular formula is C21H21N5O3. The molecule has 148 valence electrons. The number of Topliss-reactive ketones (excluding diaryl/α,β-unsaturated/α-hetero) is 1. The van der Waals surface area contributed by atoms with E-state index in [1.165, 1.54) is 10.9 Å². The lowest BCUT2D eigenvalue weighted by Gasteiger charge is -2.23. The lowest BCUT2D eigenvalue weighted by atomic mass is 10.0. The Balaban J connectivity index is 1.59.